The molecule has 0 aromatic heterocycles. The summed E-state index contributed by atoms with van der Waals surface area (Å²) in [4.78, 5) is 0. The topological polar surface area (TPSA) is 9.23 Å². The Hall–Kier alpha value is -0.890. The second kappa shape index (κ2) is 5.83. The number of hydrogen-bond donors (Lipinski definition) is 0. The van der Waals surface area contributed by atoms with E-state index in [0.717, 1.165) is 16.9 Å². The fraction of sp³-hybridized carbons (Fsp3) is 0.143. The minimum absolute atomic E-state index is 0.449. The maximum Gasteiger partial charge on any atom is 0.146 e. The molecule has 0 radical (unpaired) electrons. The van der Waals surface area contributed by atoms with Gasteiger partial charge in [-0.1, -0.05) is 35.3 Å². The zero-order valence-electron chi connectivity index (χ0n) is 9.71. The van der Waals surface area contributed by atoms with Gasteiger partial charge in [0.15, 0.2) is 0 Å². The Morgan fingerprint density at radius 1 is 1.00 bits per heavy atom. The highest BCUT2D eigenvalue weighted by Crippen LogP contribution is 2.33. The van der Waals surface area contributed by atoms with Gasteiger partial charge in [-0.05, 0) is 42.3 Å². The predicted molar refractivity (Wildman–Crippen MR) is 77.3 cm³/mol. The SMILES string of the molecule is Cc1ccc(CCl)cc1Oc1ccc(Cl)cc1Cl. The summed E-state index contributed by atoms with van der Waals surface area (Å²) >= 11 is 17.7. The summed E-state index contributed by atoms with van der Waals surface area (Å²) in [6.07, 6.45) is 0. The van der Waals surface area contributed by atoms with Crippen molar-refractivity contribution in [2.24, 2.45) is 0 Å². The van der Waals surface area contributed by atoms with Gasteiger partial charge in [0, 0.05) is 10.9 Å². The summed E-state index contributed by atoms with van der Waals surface area (Å²) in [7, 11) is 0. The Kier molecular flexibility index (Phi) is 4.39. The molecule has 0 unspecified atom stereocenters. The Labute approximate surface area is 121 Å². The third kappa shape index (κ3) is 3.11. The molecule has 0 N–H and O–H groups in total. The lowest BCUT2D eigenvalue weighted by Crippen LogP contribution is -1.90. The van der Waals surface area contributed by atoms with E-state index in [4.69, 9.17) is 39.5 Å². The summed E-state index contributed by atoms with van der Waals surface area (Å²) in [5.41, 5.74) is 2.03. The highest BCUT2D eigenvalue weighted by Gasteiger charge is 2.07. The zero-order valence-corrected chi connectivity index (χ0v) is 12.0. The smallest absolute Gasteiger partial charge is 0.146 e. The van der Waals surface area contributed by atoms with Crippen LogP contribution in [0.5, 0.6) is 11.5 Å². The summed E-state index contributed by atoms with van der Waals surface area (Å²) in [5.74, 6) is 1.78. The van der Waals surface area contributed by atoms with Gasteiger partial charge in [0.25, 0.3) is 0 Å². The van der Waals surface area contributed by atoms with Crippen molar-refractivity contribution >= 4 is 34.8 Å². The molecule has 0 saturated carbocycles. The van der Waals surface area contributed by atoms with Gasteiger partial charge in [0.05, 0.1) is 5.02 Å². The van der Waals surface area contributed by atoms with Crippen molar-refractivity contribution in [1.29, 1.82) is 0 Å². The van der Waals surface area contributed by atoms with Crippen molar-refractivity contribution in [2.45, 2.75) is 12.8 Å². The molecule has 0 fully saturated rings. The van der Waals surface area contributed by atoms with Gasteiger partial charge < -0.3 is 4.74 Å². The molecule has 2 aromatic carbocycles. The van der Waals surface area contributed by atoms with E-state index in [1.807, 2.05) is 25.1 Å². The third-order valence-electron chi connectivity index (χ3n) is 2.52. The summed E-state index contributed by atoms with van der Waals surface area (Å²) in [6, 6.07) is 11.0. The molecule has 0 amide bonds. The average molecular weight is 302 g/mol. The van der Waals surface area contributed by atoms with Crippen molar-refractivity contribution < 1.29 is 4.74 Å². The fourth-order valence-electron chi connectivity index (χ4n) is 1.51. The molecule has 2 aromatic rings. The van der Waals surface area contributed by atoms with Gasteiger partial charge in [-0.15, -0.1) is 11.6 Å². The van der Waals surface area contributed by atoms with Crippen LogP contribution in [-0.4, -0.2) is 0 Å². The second-order valence-corrected chi connectivity index (χ2v) is 5.02. The summed E-state index contributed by atoms with van der Waals surface area (Å²) in [6.45, 7) is 1.97. The van der Waals surface area contributed by atoms with Crippen LogP contribution in [0.2, 0.25) is 10.0 Å². The molecule has 18 heavy (non-hydrogen) atoms. The Balaban J connectivity index is 2.33. The number of aryl methyl sites for hydroxylation is 1. The van der Waals surface area contributed by atoms with Crippen molar-refractivity contribution in [3.05, 3.63) is 57.6 Å². The number of benzene rings is 2. The number of halogens is 3. The first-order valence-corrected chi connectivity index (χ1v) is 6.67. The quantitative estimate of drug-likeness (QED) is 0.648. The molecule has 0 saturated heterocycles. The van der Waals surface area contributed by atoms with E-state index >= 15 is 0 Å². The van der Waals surface area contributed by atoms with E-state index in [1.54, 1.807) is 18.2 Å². The van der Waals surface area contributed by atoms with Crippen molar-refractivity contribution in [3.8, 4) is 11.5 Å². The number of ether oxygens (including phenoxy) is 1. The number of rotatable bonds is 3. The molecule has 0 heterocycles. The molecule has 0 aliphatic rings. The van der Waals surface area contributed by atoms with E-state index in [-0.39, 0.29) is 0 Å². The van der Waals surface area contributed by atoms with Crippen LogP contribution < -0.4 is 4.74 Å². The van der Waals surface area contributed by atoms with Crippen molar-refractivity contribution in [2.75, 3.05) is 0 Å². The van der Waals surface area contributed by atoms with Gasteiger partial charge in [-0.2, -0.15) is 0 Å². The molecule has 0 aliphatic carbocycles. The molecule has 4 heteroatoms. The van der Waals surface area contributed by atoms with Gasteiger partial charge in [0.2, 0.25) is 0 Å². The van der Waals surface area contributed by atoms with Crippen LogP contribution in [0.3, 0.4) is 0 Å². The van der Waals surface area contributed by atoms with Crippen LogP contribution in [0, 0.1) is 6.92 Å². The molecular weight excluding hydrogens is 291 g/mol. The molecule has 0 aliphatic heterocycles. The third-order valence-corrected chi connectivity index (χ3v) is 3.36. The van der Waals surface area contributed by atoms with Crippen LogP contribution in [-0.2, 0) is 5.88 Å². The van der Waals surface area contributed by atoms with E-state index in [1.165, 1.54) is 0 Å². The van der Waals surface area contributed by atoms with Crippen LogP contribution >= 0.6 is 34.8 Å². The number of alkyl halides is 1. The highest BCUT2D eigenvalue weighted by atomic mass is 35.5. The standard InChI is InChI=1S/C14H11Cl3O/c1-9-2-3-10(8-15)6-14(9)18-13-5-4-11(16)7-12(13)17/h2-7H,8H2,1H3. The Morgan fingerprint density at radius 3 is 2.44 bits per heavy atom. The van der Waals surface area contributed by atoms with Gasteiger partial charge in [0.1, 0.15) is 11.5 Å². The average Bonchev–Trinajstić information content (AvgIpc) is 2.35. The first-order valence-electron chi connectivity index (χ1n) is 5.38. The Bertz CT molecular complexity index is 567. The van der Waals surface area contributed by atoms with Crippen LogP contribution in [0.1, 0.15) is 11.1 Å². The second-order valence-electron chi connectivity index (χ2n) is 3.91. The minimum atomic E-state index is 0.449. The summed E-state index contributed by atoms with van der Waals surface area (Å²) < 4.78 is 5.79. The molecule has 0 bridgehead atoms. The molecule has 0 atom stereocenters. The number of hydrogen-bond acceptors (Lipinski definition) is 1. The molecule has 0 spiro atoms. The van der Waals surface area contributed by atoms with Crippen LogP contribution in [0.25, 0.3) is 0 Å². The van der Waals surface area contributed by atoms with E-state index in [2.05, 4.69) is 0 Å². The Morgan fingerprint density at radius 2 is 1.78 bits per heavy atom. The van der Waals surface area contributed by atoms with Crippen LogP contribution in [0.4, 0.5) is 0 Å². The largest absolute Gasteiger partial charge is 0.456 e. The minimum Gasteiger partial charge on any atom is -0.456 e. The van der Waals surface area contributed by atoms with Crippen molar-refractivity contribution in [1.82, 2.24) is 0 Å². The van der Waals surface area contributed by atoms with E-state index in [9.17, 15) is 0 Å². The van der Waals surface area contributed by atoms with Gasteiger partial charge in [-0.25, -0.2) is 0 Å². The molecule has 2 rings (SSSR count). The van der Waals surface area contributed by atoms with Crippen molar-refractivity contribution in [3.63, 3.8) is 0 Å². The lowest BCUT2D eigenvalue weighted by atomic mass is 10.1. The first-order chi connectivity index (χ1) is 8.60. The maximum absolute atomic E-state index is 6.07. The fourth-order valence-corrected chi connectivity index (χ4v) is 2.13. The molecular formula is C14H11Cl3O. The normalized spacial score (nSPS) is 10.4. The maximum atomic E-state index is 6.07. The lowest BCUT2D eigenvalue weighted by Gasteiger charge is -2.11. The molecule has 1 nitrogen and oxygen atoms in total. The highest BCUT2D eigenvalue weighted by molar-refractivity contribution is 6.35. The predicted octanol–water partition coefficient (Wildman–Crippen LogP) is 5.83. The lowest BCUT2D eigenvalue weighted by molar-refractivity contribution is 0.478. The van der Waals surface area contributed by atoms with E-state index in [0.29, 0.717) is 21.7 Å². The summed E-state index contributed by atoms with van der Waals surface area (Å²) in [5, 5.41) is 1.07. The zero-order chi connectivity index (χ0) is 13.1. The first kappa shape index (κ1) is 13.5. The van der Waals surface area contributed by atoms with Gasteiger partial charge >= 0.3 is 0 Å². The van der Waals surface area contributed by atoms with Crippen LogP contribution in [0.15, 0.2) is 36.4 Å². The van der Waals surface area contributed by atoms with Gasteiger partial charge in [-0.3, -0.25) is 0 Å². The molecule has 94 valence electrons. The monoisotopic (exact) mass is 300 g/mol. The van der Waals surface area contributed by atoms with E-state index < -0.39 is 0 Å².